The molecule has 1 N–H and O–H groups in total. The summed E-state index contributed by atoms with van der Waals surface area (Å²) in [5, 5.41) is 9.67. The van der Waals surface area contributed by atoms with Gasteiger partial charge in [-0.25, -0.2) is 0 Å². The van der Waals surface area contributed by atoms with Gasteiger partial charge in [0, 0.05) is 12.6 Å². The minimum atomic E-state index is 0.336. The van der Waals surface area contributed by atoms with Crippen LogP contribution < -0.4 is 0 Å². The first-order valence-corrected chi connectivity index (χ1v) is 8.89. The van der Waals surface area contributed by atoms with Gasteiger partial charge in [-0.15, -0.1) is 0 Å². The van der Waals surface area contributed by atoms with Gasteiger partial charge in [0.05, 0.1) is 6.61 Å². The predicted molar refractivity (Wildman–Crippen MR) is 84.9 cm³/mol. The highest BCUT2D eigenvalue weighted by Crippen LogP contribution is 2.38. The largest absolute Gasteiger partial charge is 0.395 e. The third-order valence-electron chi connectivity index (χ3n) is 5.25. The van der Waals surface area contributed by atoms with Crippen LogP contribution in [0.15, 0.2) is 0 Å². The number of aliphatic hydroxyl groups excluding tert-OH is 1. The lowest BCUT2D eigenvalue weighted by Crippen LogP contribution is -2.45. The minimum absolute atomic E-state index is 0.336. The molecule has 1 saturated heterocycles. The van der Waals surface area contributed by atoms with Gasteiger partial charge in [-0.2, -0.15) is 12.6 Å². The Bertz CT molecular complexity index is 251. The molecule has 0 amide bonds. The van der Waals surface area contributed by atoms with Crippen molar-refractivity contribution < 1.29 is 5.11 Å². The first kappa shape index (κ1) is 15.7. The second kappa shape index (κ2) is 7.90. The van der Waals surface area contributed by atoms with Crippen molar-refractivity contribution in [1.82, 2.24) is 4.90 Å². The first-order valence-electron chi connectivity index (χ1n) is 8.25. The van der Waals surface area contributed by atoms with Gasteiger partial charge >= 0.3 is 0 Å². The minimum Gasteiger partial charge on any atom is -0.395 e. The van der Waals surface area contributed by atoms with E-state index < -0.39 is 0 Å². The molecule has 2 nitrogen and oxygen atoms in total. The summed E-state index contributed by atoms with van der Waals surface area (Å²) in [6.07, 6.45) is 13.3. The summed E-state index contributed by atoms with van der Waals surface area (Å²) in [5.74, 6) is 1.02. The highest BCUT2D eigenvalue weighted by molar-refractivity contribution is 7.80. The summed E-state index contributed by atoms with van der Waals surface area (Å²) in [5.41, 5.74) is 0.414. The topological polar surface area (TPSA) is 23.5 Å². The molecule has 0 spiro atoms. The molecule has 2 rings (SSSR count). The van der Waals surface area contributed by atoms with Crippen LogP contribution in [0.25, 0.3) is 0 Å². The van der Waals surface area contributed by atoms with E-state index in [9.17, 15) is 5.11 Å². The average Bonchev–Trinajstić information content (AvgIpc) is 2.80. The molecule has 0 aromatic carbocycles. The van der Waals surface area contributed by atoms with Crippen LogP contribution >= 0.6 is 12.6 Å². The van der Waals surface area contributed by atoms with E-state index in [1.54, 1.807) is 0 Å². The van der Waals surface area contributed by atoms with Gasteiger partial charge in [0.15, 0.2) is 0 Å². The van der Waals surface area contributed by atoms with Crippen LogP contribution in [0.3, 0.4) is 0 Å². The normalized spacial score (nSPS) is 29.7. The molecule has 2 aliphatic rings. The zero-order chi connectivity index (χ0) is 13.6. The lowest BCUT2D eigenvalue weighted by Gasteiger charge is -2.39. The number of rotatable bonds is 4. The van der Waals surface area contributed by atoms with E-state index in [2.05, 4.69) is 4.90 Å². The van der Waals surface area contributed by atoms with Gasteiger partial charge in [0.25, 0.3) is 0 Å². The molecule has 1 aliphatic carbocycles. The maximum atomic E-state index is 9.67. The summed E-state index contributed by atoms with van der Waals surface area (Å²) in [7, 11) is 0. The smallest absolute Gasteiger partial charge is 0.0586 e. The van der Waals surface area contributed by atoms with Crippen molar-refractivity contribution in [3.05, 3.63) is 0 Å². The Kier molecular flexibility index (Phi) is 6.51. The van der Waals surface area contributed by atoms with Crippen LogP contribution in [0.4, 0.5) is 0 Å². The van der Waals surface area contributed by atoms with Crippen LogP contribution in [-0.2, 0) is 0 Å². The molecule has 1 heterocycles. The van der Waals surface area contributed by atoms with Crippen molar-refractivity contribution in [1.29, 1.82) is 0 Å². The fraction of sp³-hybridized carbons (Fsp3) is 1.00. The fourth-order valence-electron chi connectivity index (χ4n) is 3.93. The number of aliphatic hydroxyl groups is 1. The summed E-state index contributed by atoms with van der Waals surface area (Å²) < 4.78 is 0. The molecule has 0 bridgehead atoms. The Balaban J connectivity index is 2.01. The van der Waals surface area contributed by atoms with Crippen LogP contribution in [0.5, 0.6) is 0 Å². The van der Waals surface area contributed by atoms with Crippen molar-refractivity contribution in [3.8, 4) is 0 Å². The summed E-state index contributed by atoms with van der Waals surface area (Å²) in [4.78, 5) is 2.59. The molecule has 1 saturated carbocycles. The third-order valence-corrected chi connectivity index (χ3v) is 5.92. The molecule has 0 aromatic rings. The first-order chi connectivity index (χ1) is 9.29. The lowest BCUT2D eigenvalue weighted by atomic mass is 9.81. The Morgan fingerprint density at radius 1 is 1.00 bits per heavy atom. The number of nitrogens with zero attached hydrogens (tertiary/aromatic N) is 1. The van der Waals surface area contributed by atoms with Crippen molar-refractivity contribution in [2.75, 3.05) is 25.4 Å². The van der Waals surface area contributed by atoms with Crippen LogP contribution in [-0.4, -0.2) is 41.5 Å². The Hall–Kier alpha value is 0.270. The van der Waals surface area contributed by atoms with Crippen molar-refractivity contribution >= 4 is 12.6 Å². The highest BCUT2D eigenvalue weighted by Gasteiger charge is 2.34. The standard InChI is InChI=1S/C16H31NOS/c18-12-15-8-4-3-7-11-17(15)13-16(14-19)9-5-1-2-6-10-16/h15,18-19H,1-14H2. The van der Waals surface area contributed by atoms with E-state index >= 15 is 0 Å². The maximum absolute atomic E-state index is 9.67. The molecule has 3 heteroatoms. The fourth-order valence-corrected chi connectivity index (χ4v) is 4.34. The van der Waals surface area contributed by atoms with E-state index in [-0.39, 0.29) is 0 Å². The van der Waals surface area contributed by atoms with Gasteiger partial charge in [-0.3, -0.25) is 4.90 Å². The number of hydrogen-bond donors (Lipinski definition) is 2. The second-order valence-electron chi connectivity index (χ2n) is 6.73. The van der Waals surface area contributed by atoms with Gasteiger partial charge in [0.2, 0.25) is 0 Å². The molecule has 1 atom stereocenters. The molecular formula is C16H31NOS. The van der Waals surface area contributed by atoms with Crippen LogP contribution in [0.1, 0.15) is 64.2 Å². The van der Waals surface area contributed by atoms with Crippen molar-refractivity contribution in [2.24, 2.45) is 5.41 Å². The zero-order valence-corrected chi connectivity index (χ0v) is 13.2. The third kappa shape index (κ3) is 4.37. The van der Waals surface area contributed by atoms with Crippen molar-refractivity contribution in [2.45, 2.75) is 70.3 Å². The van der Waals surface area contributed by atoms with Gasteiger partial charge in [-0.05, 0) is 43.4 Å². The zero-order valence-electron chi connectivity index (χ0n) is 12.3. The van der Waals surface area contributed by atoms with E-state index in [4.69, 9.17) is 12.6 Å². The van der Waals surface area contributed by atoms with E-state index in [0.717, 1.165) is 5.75 Å². The summed E-state index contributed by atoms with van der Waals surface area (Å²) in [6.45, 7) is 2.69. The number of hydrogen-bond acceptors (Lipinski definition) is 3. The summed E-state index contributed by atoms with van der Waals surface area (Å²) in [6, 6.07) is 0.405. The van der Waals surface area contributed by atoms with Gasteiger partial charge in [-0.1, -0.05) is 38.5 Å². The van der Waals surface area contributed by atoms with Gasteiger partial charge < -0.3 is 5.11 Å². The quantitative estimate of drug-likeness (QED) is 0.610. The highest BCUT2D eigenvalue weighted by atomic mass is 32.1. The van der Waals surface area contributed by atoms with E-state index in [1.807, 2.05) is 0 Å². The SMILES string of the molecule is OCC1CCCCCN1CC1(CS)CCCCCC1. The van der Waals surface area contributed by atoms with Crippen LogP contribution in [0, 0.1) is 5.41 Å². The Morgan fingerprint density at radius 3 is 2.32 bits per heavy atom. The predicted octanol–water partition coefficient (Wildman–Crippen LogP) is 3.49. The second-order valence-corrected chi connectivity index (χ2v) is 7.04. The molecule has 112 valence electrons. The van der Waals surface area contributed by atoms with Gasteiger partial charge in [0.1, 0.15) is 0 Å². The number of likely N-dealkylation sites (tertiary alicyclic amines) is 1. The molecular weight excluding hydrogens is 254 g/mol. The van der Waals surface area contributed by atoms with E-state index in [1.165, 1.54) is 77.3 Å². The Labute approximate surface area is 124 Å². The monoisotopic (exact) mass is 285 g/mol. The molecule has 0 aromatic heterocycles. The molecule has 1 unspecified atom stereocenters. The molecule has 19 heavy (non-hydrogen) atoms. The Morgan fingerprint density at radius 2 is 1.68 bits per heavy atom. The van der Waals surface area contributed by atoms with E-state index in [0.29, 0.717) is 18.1 Å². The number of thiol groups is 1. The summed E-state index contributed by atoms with van der Waals surface area (Å²) >= 11 is 4.69. The molecule has 1 aliphatic heterocycles. The average molecular weight is 285 g/mol. The van der Waals surface area contributed by atoms with Crippen molar-refractivity contribution in [3.63, 3.8) is 0 Å². The van der Waals surface area contributed by atoms with Crippen LogP contribution in [0.2, 0.25) is 0 Å². The maximum Gasteiger partial charge on any atom is 0.0586 e. The molecule has 0 radical (unpaired) electrons. The molecule has 2 fully saturated rings. The lowest BCUT2D eigenvalue weighted by molar-refractivity contribution is 0.0756.